The fourth-order valence-electron chi connectivity index (χ4n) is 1.33. The summed E-state index contributed by atoms with van der Waals surface area (Å²) in [7, 11) is 1.90. The van der Waals surface area contributed by atoms with Crippen molar-refractivity contribution in [2.24, 2.45) is 7.05 Å². The normalized spacial score (nSPS) is 10.6. The smallest absolute Gasteiger partial charge is 0.0625 e. The highest BCUT2D eigenvalue weighted by Gasteiger charge is 2.03. The van der Waals surface area contributed by atoms with Gasteiger partial charge in [-0.1, -0.05) is 11.6 Å². The van der Waals surface area contributed by atoms with Crippen molar-refractivity contribution in [1.29, 1.82) is 0 Å². The maximum absolute atomic E-state index is 5.92. The van der Waals surface area contributed by atoms with E-state index < -0.39 is 0 Å². The van der Waals surface area contributed by atoms with Gasteiger partial charge in [-0.2, -0.15) is 5.10 Å². The molecule has 84 valence electrons. The van der Waals surface area contributed by atoms with Crippen LogP contribution in [-0.2, 0) is 12.8 Å². The number of nitrogens with two attached hydrogens (primary N) is 1. The second-order valence-electron chi connectivity index (χ2n) is 3.48. The molecule has 5 heteroatoms. The molecule has 0 radical (unpaired) electrons. The van der Waals surface area contributed by atoms with Gasteiger partial charge in [0.1, 0.15) is 0 Å². The van der Waals surface area contributed by atoms with Crippen LogP contribution in [0.2, 0.25) is 5.02 Å². The average Bonchev–Trinajstić information content (AvgIpc) is 2.66. The van der Waals surface area contributed by atoms with Crippen molar-refractivity contribution in [3.8, 4) is 0 Å². The summed E-state index contributed by atoms with van der Waals surface area (Å²) in [6, 6.07) is 5.54. The van der Waals surface area contributed by atoms with E-state index in [2.05, 4.69) is 5.10 Å². The second kappa shape index (κ2) is 4.80. The van der Waals surface area contributed by atoms with Crippen LogP contribution in [-0.4, -0.2) is 9.78 Å². The van der Waals surface area contributed by atoms with Gasteiger partial charge in [0.15, 0.2) is 0 Å². The Labute approximate surface area is 104 Å². The highest BCUT2D eigenvalue weighted by atomic mass is 35.5. The van der Waals surface area contributed by atoms with Gasteiger partial charge in [0.2, 0.25) is 0 Å². The maximum atomic E-state index is 5.92. The van der Waals surface area contributed by atoms with Crippen LogP contribution in [0.25, 0.3) is 0 Å². The third kappa shape index (κ3) is 2.71. The minimum absolute atomic E-state index is 0.719. The number of nitrogens with zero attached hydrogens (tertiary/aromatic N) is 2. The Kier molecular flexibility index (Phi) is 3.41. The monoisotopic (exact) mass is 253 g/mol. The first-order chi connectivity index (χ1) is 7.65. The molecule has 0 bridgehead atoms. The van der Waals surface area contributed by atoms with Crippen LogP contribution in [0, 0.1) is 0 Å². The first-order valence-electron chi connectivity index (χ1n) is 4.80. The lowest BCUT2D eigenvalue weighted by molar-refractivity contribution is 0.766. The molecule has 1 aromatic carbocycles. The summed E-state index contributed by atoms with van der Waals surface area (Å²) in [5, 5.41) is 4.83. The quantitative estimate of drug-likeness (QED) is 0.676. The van der Waals surface area contributed by atoms with Crippen LogP contribution in [0.5, 0.6) is 0 Å². The molecule has 0 atom stereocenters. The Balaban J connectivity index is 2.07. The van der Waals surface area contributed by atoms with Crippen molar-refractivity contribution in [2.45, 2.75) is 10.6 Å². The van der Waals surface area contributed by atoms with E-state index in [1.54, 1.807) is 22.5 Å². The zero-order chi connectivity index (χ0) is 11.5. The number of anilines is 1. The van der Waals surface area contributed by atoms with Crippen LogP contribution in [0.3, 0.4) is 0 Å². The van der Waals surface area contributed by atoms with E-state index in [9.17, 15) is 0 Å². The predicted octanol–water partition coefficient (Wildman–Crippen LogP) is 2.95. The molecule has 2 rings (SSSR count). The number of hydrogen-bond acceptors (Lipinski definition) is 3. The Hall–Kier alpha value is -1.13. The highest BCUT2D eigenvalue weighted by molar-refractivity contribution is 7.98. The third-order valence-corrected chi connectivity index (χ3v) is 3.42. The molecule has 3 nitrogen and oxygen atoms in total. The maximum Gasteiger partial charge on any atom is 0.0625 e. The van der Waals surface area contributed by atoms with Crippen LogP contribution in [0.1, 0.15) is 5.56 Å². The van der Waals surface area contributed by atoms with Gasteiger partial charge < -0.3 is 5.73 Å². The standard InChI is InChI=1S/C11H12ClN3S/c1-15-6-10(5-14-15)16-7-8-4-9(12)2-3-11(8)13/h2-6H,7,13H2,1H3. The Bertz CT molecular complexity index is 496. The summed E-state index contributed by atoms with van der Waals surface area (Å²) in [6.07, 6.45) is 3.82. The molecule has 1 aromatic heterocycles. The number of benzene rings is 1. The lowest BCUT2D eigenvalue weighted by atomic mass is 10.2. The van der Waals surface area contributed by atoms with Gasteiger partial charge >= 0.3 is 0 Å². The topological polar surface area (TPSA) is 43.8 Å². The molecule has 0 saturated carbocycles. The van der Waals surface area contributed by atoms with Crippen LogP contribution >= 0.6 is 23.4 Å². The molecule has 0 unspecified atom stereocenters. The molecule has 0 fully saturated rings. The van der Waals surface area contributed by atoms with Gasteiger partial charge in [-0.15, -0.1) is 11.8 Å². The van der Waals surface area contributed by atoms with E-state index in [1.165, 1.54) is 0 Å². The SMILES string of the molecule is Cn1cc(SCc2cc(Cl)ccc2N)cn1. The number of aryl methyl sites for hydroxylation is 1. The molecule has 0 amide bonds. The van der Waals surface area contributed by atoms with Crippen molar-refractivity contribution in [3.05, 3.63) is 41.2 Å². The number of hydrogen-bond donors (Lipinski definition) is 1. The molecular formula is C11H12ClN3S. The molecule has 0 spiro atoms. The number of halogens is 1. The van der Waals surface area contributed by atoms with E-state index in [1.807, 2.05) is 31.6 Å². The minimum Gasteiger partial charge on any atom is -0.398 e. The number of rotatable bonds is 3. The van der Waals surface area contributed by atoms with E-state index in [0.717, 1.165) is 26.9 Å². The first kappa shape index (κ1) is 11.4. The van der Waals surface area contributed by atoms with E-state index >= 15 is 0 Å². The second-order valence-corrected chi connectivity index (χ2v) is 4.97. The molecule has 16 heavy (non-hydrogen) atoms. The molecule has 0 saturated heterocycles. The van der Waals surface area contributed by atoms with Crippen molar-refractivity contribution < 1.29 is 0 Å². The van der Waals surface area contributed by atoms with Gasteiger partial charge in [-0.05, 0) is 23.8 Å². The third-order valence-electron chi connectivity index (χ3n) is 2.18. The summed E-state index contributed by atoms with van der Waals surface area (Å²) in [5.41, 5.74) is 7.70. The highest BCUT2D eigenvalue weighted by Crippen LogP contribution is 2.26. The van der Waals surface area contributed by atoms with Crippen LogP contribution < -0.4 is 5.73 Å². The van der Waals surface area contributed by atoms with Crippen LogP contribution in [0.4, 0.5) is 5.69 Å². The zero-order valence-electron chi connectivity index (χ0n) is 8.85. The summed E-state index contributed by atoms with van der Waals surface area (Å²) < 4.78 is 1.78. The molecule has 2 aromatic rings. The van der Waals surface area contributed by atoms with Gasteiger partial charge in [0.25, 0.3) is 0 Å². The largest absolute Gasteiger partial charge is 0.398 e. The summed E-state index contributed by atoms with van der Waals surface area (Å²) in [5.74, 6) is 0.804. The van der Waals surface area contributed by atoms with E-state index in [0.29, 0.717) is 0 Å². The number of aromatic nitrogens is 2. The minimum atomic E-state index is 0.719. The van der Waals surface area contributed by atoms with Crippen molar-refractivity contribution >= 4 is 29.1 Å². The Morgan fingerprint density at radius 3 is 3.00 bits per heavy atom. The summed E-state index contributed by atoms with van der Waals surface area (Å²) >= 11 is 7.62. The van der Waals surface area contributed by atoms with Crippen molar-refractivity contribution in [2.75, 3.05) is 5.73 Å². The Morgan fingerprint density at radius 1 is 1.50 bits per heavy atom. The first-order valence-corrected chi connectivity index (χ1v) is 6.17. The number of nitrogen functional groups attached to an aromatic ring is 1. The molecule has 0 aliphatic heterocycles. The summed E-state index contributed by atoms with van der Waals surface area (Å²) in [4.78, 5) is 1.13. The lowest BCUT2D eigenvalue weighted by Gasteiger charge is -2.04. The van der Waals surface area contributed by atoms with Gasteiger partial charge in [-0.3, -0.25) is 4.68 Å². The van der Waals surface area contributed by atoms with Crippen molar-refractivity contribution in [3.63, 3.8) is 0 Å². The molecule has 2 N–H and O–H groups in total. The lowest BCUT2D eigenvalue weighted by Crippen LogP contribution is -1.91. The fourth-order valence-corrected chi connectivity index (χ4v) is 2.45. The van der Waals surface area contributed by atoms with E-state index in [4.69, 9.17) is 17.3 Å². The molecule has 0 aliphatic rings. The van der Waals surface area contributed by atoms with Gasteiger partial charge in [-0.25, -0.2) is 0 Å². The Morgan fingerprint density at radius 2 is 2.31 bits per heavy atom. The summed E-state index contributed by atoms with van der Waals surface area (Å²) in [6.45, 7) is 0. The van der Waals surface area contributed by atoms with Crippen molar-refractivity contribution in [1.82, 2.24) is 9.78 Å². The molecule has 1 heterocycles. The molecule has 0 aliphatic carbocycles. The fraction of sp³-hybridized carbons (Fsp3) is 0.182. The zero-order valence-corrected chi connectivity index (χ0v) is 10.4. The van der Waals surface area contributed by atoms with Gasteiger partial charge in [0, 0.05) is 34.6 Å². The van der Waals surface area contributed by atoms with Gasteiger partial charge in [0.05, 0.1) is 6.20 Å². The average molecular weight is 254 g/mol. The van der Waals surface area contributed by atoms with E-state index in [-0.39, 0.29) is 0 Å². The number of thioether (sulfide) groups is 1. The molecular weight excluding hydrogens is 242 g/mol. The van der Waals surface area contributed by atoms with Crippen LogP contribution in [0.15, 0.2) is 35.5 Å². The predicted molar refractivity (Wildman–Crippen MR) is 68.6 cm³/mol.